The van der Waals surface area contributed by atoms with Gasteiger partial charge in [-0.25, -0.2) is 9.37 Å². The van der Waals surface area contributed by atoms with Gasteiger partial charge < -0.3 is 14.4 Å². The Labute approximate surface area is 156 Å². The second kappa shape index (κ2) is 7.61. The summed E-state index contributed by atoms with van der Waals surface area (Å²) in [5, 5.41) is 1.06. The SMILES string of the molecule is O=C(COc1ccc(F)cc1)N1CC[C@@H](Oc2ccc3ccccc3n2)C1. The van der Waals surface area contributed by atoms with E-state index in [1.807, 2.05) is 36.4 Å². The highest BCUT2D eigenvalue weighted by Crippen LogP contribution is 2.20. The minimum Gasteiger partial charge on any atom is -0.484 e. The number of benzene rings is 2. The van der Waals surface area contributed by atoms with Crippen LogP contribution in [0, 0.1) is 5.82 Å². The Hall–Kier alpha value is -3.15. The van der Waals surface area contributed by atoms with Gasteiger partial charge in [0.1, 0.15) is 17.7 Å². The zero-order valence-corrected chi connectivity index (χ0v) is 14.7. The van der Waals surface area contributed by atoms with Gasteiger partial charge >= 0.3 is 0 Å². The van der Waals surface area contributed by atoms with E-state index in [2.05, 4.69) is 4.98 Å². The monoisotopic (exact) mass is 366 g/mol. The number of hydrogen-bond acceptors (Lipinski definition) is 4. The molecular formula is C21H19FN2O3. The Morgan fingerprint density at radius 1 is 1.11 bits per heavy atom. The van der Waals surface area contributed by atoms with Crippen LogP contribution in [0.25, 0.3) is 10.9 Å². The molecule has 1 aromatic heterocycles. The van der Waals surface area contributed by atoms with E-state index < -0.39 is 0 Å². The molecular weight excluding hydrogens is 347 g/mol. The first-order chi connectivity index (χ1) is 13.2. The number of ether oxygens (including phenoxy) is 2. The molecule has 1 amide bonds. The first kappa shape index (κ1) is 17.3. The van der Waals surface area contributed by atoms with Crippen molar-refractivity contribution in [3.05, 3.63) is 66.5 Å². The van der Waals surface area contributed by atoms with E-state index in [1.54, 1.807) is 4.90 Å². The zero-order valence-electron chi connectivity index (χ0n) is 14.7. The van der Waals surface area contributed by atoms with Crippen LogP contribution in [0.2, 0.25) is 0 Å². The number of rotatable bonds is 5. The molecule has 0 radical (unpaired) electrons. The second-order valence-corrected chi connectivity index (χ2v) is 6.45. The van der Waals surface area contributed by atoms with Gasteiger partial charge in [-0.1, -0.05) is 18.2 Å². The highest BCUT2D eigenvalue weighted by atomic mass is 19.1. The lowest BCUT2D eigenvalue weighted by Gasteiger charge is -2.17. The third-order valence-corrected chi connectivity index (χ3v) is 4.53. The van der Waals surface area contributed by atoms with Crippen LogP contribution < -0.4 is 9.47 Å². The fourth-order valence-corrected chi connectivity index (χ4v) is 3.10. The molecule has 0 spiro atoms. The molecule has 3 aromatic rings. The van der Waals surface area contributed by atoms with E-state index >= 15 is 0 Å². The predicted molar refractivity (Wildman–Crippen MR) is 99.3 cm³/mol. The molecule has 4 rings (SSSR count). The molecule has 1 aliphatic rings. The minimum absolute atomic E-state index is 0.0768. The molecule has 1 atom stereocenters. The van der Waals surface area contributed by atoms with Gasteiger partial charge in [-0.3, -0.25) is 4.79 Å². The van der Waals surface area contributed by atoms with Crippen LogP contribution in [-0.4, -0.2) is 41.6 Å². The summed E-state index contributed by atoms with van der Waals surface area (Å²) < 4.78 is 24.3. The van der Waals surface area contributed by atoms with E-state index in [1.165, 1.54) is 24.3 Å². The zero-order chi connectivity index (χ0) is 18.6. The van der Waals surface area contributed by atoms with Gasteiger partial charge in [0.2, 0.25) is 5.88 Å². The summed E-state index contributed by atoms with van der Waals surface area (Å²) in [4.78, 5) is 18.5. The fourth-order valence-electron chi connectivity index (χ4n) is 3.10. The molecule has 6 heteroatoms. The fraction of sp³-hybridized carbons (Fsp3) is 0.238. The predicted octanol–water partition coefficient (Wildman–Crippen LogP) is 3.43. The van der Waals surface area contributed by atoms with Gasteiger partial charge in [-0.05, 0) is 36.4 Å². The van der Waals surface area contributed by atoms with Crippen molar-refractivity contribution < 1.29 is 18.7 Å². The molecule has 0 saturated carbocycles. The Kier molecular flexibility index (Phi) is 4.87. The largest absolute Gasteiger partial charge is 0.484 e. The number of carbonyl (C=O) groups is 1. The molecule has 1 fully saturated rings. The number of carbonyl (C=O) groups excluding carboxylic acids is 1. The Morgan fingerprint density at radius 3 is 2.78 bits per heavy atom. The summed E-state index contributed by atoms with van der Waals surface area (Å²) in [5.74, 6) is 0.583. The third-order valence-electron chi connectivity index (χ3n) is 4.53. The molecule has 0 aliphatic carbocycles. The number of nitrogens with zero attached hydrogens (tertiary/aromatic N) is 2. The van der Waals surface area contributed by atoms with E-state index in [0.29, 0.717) is 24.7 Å². The van der Waals surface area contributed by atoms with Crippen LogP contribution in [-0.2, 0) is 4.79 Å². The number of fused-ring (bicyclic) bond motifs is 1. The smallest absolute Gasteiger partial charge is 0.260 e. The average molecular weight is 366 g/mol. The van der Waals surface area contributed by atoms with E-state index in [0.717, 1.165) is 17.3 Å². The molecule has 27 heavy (non-hydrogen) atoms. The molecule has 0 N–H and O–H groups in total. The van der Waals surface area contributed by atoms with Crippen LogP contribution in [0.4, 0.5) is 4.39 Å². The van der Waals surface area contributed by atoms with Crippen molar-refractivity contribution in [2.45, 2.75) is 12.5 Å². The maximum Gasteiger partial charge on any atom is 0.260 e. The lowest BCUT2D eigenvalue weighted by Crippen LogP contribution is -2.34. The summed E-state index contributed by atoms with van der Waals surface area (Å²) in [6, 6.07) is 17.3. The maximum absolute atomic E-state index is 12.9. The number of amides is 1. The normalized spacial score (nSPS) is 16.5. The van der Waals surface area contributed by atoms with E-state index in [9.17, 15) is 9.18 Å². The van der Waals surface area contributed by atoms with Gasteiger partial charge in [0.15, 0.2) is 6.61 Å². The first-order valence-corrected chi connectivity index (χ1v) is 8.86. The molecule has 0 unspecified atom stereocenters. The van der Waals surface area contributed by atoms with Gasteiger partial charge in [-0.2, -0.15) is 0 Å². The van der Waals surface area contributed by atoms with Crippen LogP contribution in [0.3, 0.4) is 0 Å². The van der Waals surface area contributed by atoms with E-state index in [-0.39, 0.29) is 24.4 Å². The minimum atomic E-state index is -0.337. The molecule has 2 aromatic carbocycles. The summed E-state index contributed by atoms with van der Waals surface area (Å²) in [6.07, 6.45) is 0.657. The number of pyridine rings is 1. The van der Waals surface area contributed by atoms with Crippen molar-refractivity contribution in [1.29, 1.82) is 0 Å². The van der Waals surface area contributed by atoms with Crippen molar-refractivity contribution in [2.75, 3.05) is 19.7 Å². The highest BCUT2D eigenvalue weighted by Gasteiger charge is 2.28. The van der Waals surface area contributed by atoms with Crippen molar-refractivity contribution in [3.8, 4) is 11.6 Å². The molecule has 1 saturated heterocycles. The standard InChI is InChI=1S/C21H19FN2O3/c22-16-6-8-17(9-7-16)26-14-21(25)24-12-11-18(13-24)27-20-10-5-15-3-1-2-4-19(15)23-20/h1-10,18H,11-14H2/t18-/m1/s1. The lowest BCUT2D eigenvalue weighted by atomic mass is 10.2. The summed E-state index contributed by atoms with van der Waals surface area (Å²) >= 11 is 0. The van der Waals surface area contributed by atoms with Crippen molar-refractivity contribution in [1.82, 2.24) is 9.88 Å². The molecule has 138 valence electrons. The van der Waals surface area contributed by atoms with Crippen molar-refractivity contribution in [3.63, 3.8) is 0 Å². The van der Waals surface area contributed by atoms with Gasteiger partial charge in [-0.15, -0.1) is 0 Å². The van der Waals surface area contributed by atoms with E-state index in [4.69, 9.17) is 9.47 Å². The summed E-state index contributed by atoms with van der Waals surface area (Å²) in [7, 11) is 0. The third kappa shape index (κ3) is 4.16. The second-order valence-electron chi connectivity index (χ2n) is 6.45. The number of hydrogen-bond donors (Lipinski definition) is 0. The molecule has 2 heterocycles. The Morgan fingerprint density at radius 2 is 1.93 bits per heavy atom. The number of halogens is 1. The molecule has 1 aliphatic heterocycles. The average Bonchev–Trinajstić information content (AvgIpc) is 3.16. The van der Waals surface area contributed by atoms with Gasteiger partial charge in [0.05, 0.1) is 12.1 Å². The number of likely N-dealkylation sites (tertiary alicyclic amines) is 1. The van der Waals surface area contributed by atoms with Gasteiger partial charge in [0, 0.05) is 24.4 Å². The van der Waals surface area contributed by atoms with Crippen molar-refractivity contribution in [2.24, 2.45) is 0 Å². The number of aromatic nitrogens is 1. The first-order valence-electron chi connectivity index (χ1n) is 8.86. The quantitative estimate of drug-likeness (QED) is 0.694. The van der Waals surface area contributed by atoms with Crippen LogP contribution in [0.15, 0.2) is 60.7 Å². The van der Waals surface area contributed by atoms with Crippen LogP contribution >= 0.6 is 0 Å². The Bertz CT molecular complexity index is 946. The van der Waals surface area contributed by atoms with Gasteiger partial charge in [0.25, 0.3) is 5.91 Å². The van der Waals surface area contributed by atoms with Crippen LogP contribution in [0.5, 0.6) is 11.6 Å². The summed E-state index contributed by atoms with van der Waals surface area (Å²) in [5.41, 5.74) is 0.883. The molecule has 0 bridgehead atoms. The maximum atomic E-state index is 12.9. The topological polar surface area (TPSA) is 51.7 Å². The van der Waals surface area contributed by atoms with Crippen LogP contribution in [0.1, 0.15) is 6.42 Å². The Balaban J connectivity index is 1.31. The van der Waals surface area contributed by atoms with Crippen molar-refractivity contribution >= 4 is 16.8 Å². The summed E-state index contributed by atoms with van der Waals surface area (Å²) in [6.45, 7) is 1.04. The number of para-hydroxylation sites is 1. The molecule has 5 nitrogen and oxygen atoms in total. The highest BCUT2D eigenvalue weighted by molar-refractivity contribution is 5.79. The lowest BCUT2D eigenvalue weighted by molar-refractivity contribution is -0.132.